The summed E-state index contributed by atoms with van der Waals surface area (Å²) in [6.07, 6.45) is 3.07. The maximum atomic E-state index is 10.4. The van der Waals surface area contributed by atoms with Crippen LogP contribution in [-0.4, -0.2) is 45.8 Å². The molecule has 0 aliphatic rings. The van der Waals surface area contributed by atoms with Crippen LogP contribution in [0.15, 0.2) is 53.8 Å². The molecule has 2 aromatic heterocycles. The fourth-order valence-corrected chi connectivity index (χ4v) is 2.63. The second-order valence-corrected chi connectivity index (χ2v) is 6.19. The Morgan fingerprint density at radius 1 is 1.22 bits per heavy atom. The van der Waals surface area contributed by atoms with Gasteiger partial charge in [-0.25, -0.2) is 0 Å². The normalized spacial score (nSPS) is 12.6. The number of nitrogens with zero attached hydrogens (tertiary/aromatic N) is 5. The molecule has 0 aliphatic heterocycles. The molecular formula is C20H21N5O2. The fraction of sp³-hybridized carbons (Fsp3) is 0.200. The van der Waals surface area contributed by atoms with Gasteiger partial charge in [-0.2, -0.15) is 9.97 Å². The zero-order valence-electron chi connectivity index (χ0n) is 15.5. The van der Waals surface area contributed by atoms with Gasteiger partial charge in [0.15, 0.2) is 0 Å². The van der Waals surface area contributed by atoms with Gasteiger partial charge in [-0.15, -0.1) is 0 Å². The van der Waals surface area contributed by atoms with E-state index in [-0.39, 0.29) is 18.0 Å². The van der Waals surface area contributed by atoms with Crippen LogP contribution in [0.3, 0.4) is 0 Å². The molecule has 1 aromatic carbocycles. The van der Waals surface area contributed by atoms with Crippen molar-refractivity contribution in [2.24, 2.45) is 4.99 Å². The van der Waals surface area contributed by atoms with E-state index in [4.69, 9.17) is 4.74 Å². The highest BCUT2D eigenvalue weighted by Crippen LogP contribution is 2.30. The first-order chi connectivity index (χ1) is 13.0. The summed E-state index contributed by atoms with van der Waals surface area (Å²) < 4.78 is 5.85. The van der Waals surface area contributed by atoms with Gasteiger partial charge in [0.2, 0.25) is 5.88 Å². The molecule has 0 saturated heterocycles. The van der Waals surface area contributed by atoms with Gasteiger partial charge < -0.3 is 14.7 Å². The van der Waals surface area contributed by atoms with E-state index in [1.54, 1.807) is 18.5 Å². The molecule has 0 bridgehead atoms. The molecule has 7 nitrogen and oxygen atoms in total. The zero-order chi connectivity index (χ0) is 19.4. The smallest absolute Gasteiger partial charge is 0.320 e. The summed E-state index contributed by atoms with van der Waals surface area (Å²) in [6, 6.07) is 11.4. The standard InChI is InChI=1S/C20H21N5O2/c1-13(14-8-6-5-7-9-14)27-20-23-17-15(19(26)24-20)10-11-22-18(17)16(21-2)12-25(3)4/h5-13H,2H2,1,3-4H3,(H,23,24,26)/b16-12-. The van der Waals surface area contributed by atoms with Gasteiger partial charge in [-0.3, -0.25) is 9.98 Å². The Labute approximate surface area is 157 Å². The second-order valence-electron chi connectivity index (χ2n) is 6.19. The molecule has 0 fully saturated rings. The number of pyridine rings is 1. The SMILES string of the molecule is C=N/C(=C\N(C)C)c1nccc2c(O)nc(OC(C)c3ccccc3)nc12. The molecule has 0 saturated carbocycles. The second kappa shape index (κ2) is 7.82. The summed E-state index contributed by atoms with van der Waals surface area (Å²) in [5.74, 6) is -0.174. The molecule has 0 amide bonds. The number of aromatic hydroxyl groups is 1. The molecule has 1 atom stereocenters. The average molecular weight is 363 g/mol. The van der Waals surface area contributed by atoms with Crippen molar-refractivity contribution in [3.05, 3.63) is 60.1 Å². The summed E-state index contributed by atoms with van der Waals surface area (Å²) in [4.78, 5) is 18.8. The molecule has 7 heteroatoms. The van der Waals surface area contributed by atoms with Crippen molar-refractivity contribution >= 4 is 23.3 Å². The van der Waals surface area contributed by atoms with E-state index in [2.05, 4.69) is 26.7 Å². The lowest BCUT2D eigenvalue weighted by molar-refractivity contribution is 0.206. The number of aromatic nitrogens is 3. The lowest BCUT2D eigenvalue weighted by atomic mass is 10.1. The molecule has 3 rings (SSSR count). The van der Waals surface area contributed by atoms with Gasteiger partial charge in [0.05, 0.1) is 5.39 Å². The molecule has 3 aromatic rings. The van der Waals surface area contributed by atoms with Crippen LogP contribution >= 0.6 is 0 Å². The number of fused-ring (bicyclic) bond motifs is 1. The van der Waals surface area contributed by atoms with Gasteiger partial charge >= 0.3 is 6.01 Å². The number of ether oxygens (including phenoxy) is 1. The average Bonchev–Trinajstić information content (AvgIpc) is 2.66. The number of hydrogen-bond donors (Lipinski definition) is 1. The monoisotopic (exact) mass is 363 g/mol. The van der Waals surface area contributed by atoms with Crippen LogP contribution in [0.4, 0.5) is 0 Å². The quantitative estimate of drug-likeness (QED) is 0.676. The third-order valence-electron chi connectivity index (χ3n) is 3.92. The number of aliphatic imine (C=N–C) groups is 1. The topological polar surface area (TPSA) is 83.7 Å². The van der Waals surface area contributed by atoms with Crippen LogP contribution in [0.1, 0.15) is 24.3 Å². The number of rotatable bonds is 6. The van der Waals surface area contributed by atoms with E-state index in [1.807, 2.05) is 56.3 Å². The van der Waals surface area contributed by atoms with Crippen molar-refractivity contribution in [1.29, 1.82) is 0 Å². The van der Waals surface area contributed by atoms with Crippen LogP contribution in [0.5, 0.6) is 11.9 Å². The summed E-state index contributed by atoms with van der Waals surface area (Å²) in [6.45, 7) is 5.50. The zero-order valence-corrected chi connectivity index (χ0v) is 15.5. The fourth-order valence-electron chi connectivity index (χ4n) is 2.63. The van der Waals surface area contributed by atoms with E-state index < -0.39 is 0 Å². The molecule has 138 valence electrons. The van der Waals surface area contributed by atoms with Crippen molar-refractivity contribution < 1.29 is 9.84 Å². The van der Waals surface area contributed by atoms with Crippen LogP contribution in [-0.2, 0) is 0 Å². The summed E-state index contributed by atoms with van der Waals surface area (Å²) in [5, 5.41) is 10.8. The lowest BCUT2D eigenvalue weighted by Gasteiger charge is -2.15. The summed E-state index contributed by atoms with van der Waals surface area (Å²) >= 11 is 0. The highest BCUT2D eigenvalue weighted by Gasteiger charge is 2.17. The van der Waals surface area contributed by atoms with Crippen LogP contribution in [0, 0.1) is 0 Å². The van der Waals surface area contributed by atoms with Crippen molar-refractivity contribution in [3.63, 3.8) is 0 Å². The van der Waals surface area contributed by atoms with Gasteiger partial charge in [0.1, 0.15) is 23.0 Å². The molecule has 1 N–H and O–H groups in total. The molecule has 27 heavy (non-hydrogen) atoms. The van der Waals surface area contributed by atoms with E-state index in [9.17, 15) is 5.11 Å². The Morgan fingerprint density at radius 2 is 1.96 bits per heavy atom. The van der Waals surface area contributed by atoms with Crippen LogP contribution in [0.25, 0.3) is 16.6 Å². The van der Waals surface area contributed by atoms with E-state index in [0.717, 1.165) is 5.56 Å². The maximum Gasteiger partial charge on any atom is 0.320 e. The predicted molar refractivity (Wildman–Crippen MR) is 106 cm³/mol. The van der Waals surface area contributed by atoms with Crippen LogP contribution in [0.2, 0.25) is 0 Å². The number of hydrogen-bond acceptors (Lipinski definition) is 7. The third-order valence-corrected chi connectivity index (χ3v) is 3.92. The van der Waals surface area contributed by atoms with Crippen molar-refractivity contribution in [2.45, 2.75) is 13.0 Å². The maximum absolute atomic E-state index is 10.4. The van der Waals surface area contributed by atoms with Crippen molar-refractivity contribution in [1.82, 2.24) is 19.9 Å². The summed E-state index contributed by atoms with van der Waals surface area (Å²) in [5.41, 5.74) is 2.45. The molecule has 0 radical (unpaired) electrons. The Kier molecular flexibility index (Phi) is 5.30. The van der Waals surface area contributed by atoms with Gasteiger partial charge in [-0.1, -0.05) is 30.3 Å². The van der Waals surface area contributed by atoms with Crippen molar-refractivity contribution in [3.8, 4) is 11.9 Å². The minimum Gasteiger partial charge on any atom is -0.493 e. The molecule has 0 aliphatic carbocycles. The molecular weight excluding hydrogens is 342 g/mol. The molecule has 0 spiro atoms. The minimum absolute atomic E-state index is 0.0684. The third kappa shape index (κ3) is 4.03. The van der Waals surface area contributed by atoms with E-state index in [1.165, 1.54) is 0 Å². The first-order valence-corrected chi connectivity index (χ1v) is 8.42. The first kappa shape index (κ1) is 18.3. The van der Waals surface area contributed by atoms with Gasteiger partial charge in [-0.05, 0) is 25.3 Å². The Morgan fingerprint density at radius 3 is 2.63 bits per heavy atom. The number of benzene rings is 1. The molecule has 2 heterocycles. The Bertz CT molecular complexity index is 986. The predicted octanol–water partition coefficient (Wildman–Crippen LogP) is 3.43. The highest BCUT2D eigenvalue weighted by atomic mass is 16.5. The van der Waals surface area contributed by atoms with E-state index in [0.29, 0.717) is 22.3 Å². The lowest BCUT2D eigenvalue weighted by Crippen LogP contribution is -2.07. The van der Waals surface area contributed by atoms with Crippen LogP contribution < -0.4 is 4.74 Å². The Balaban J connectivity index is 2.06. The van der Waals surface area contributed by atoms with Gasteiger partial charge in [0.25, 0.3) is 0 Å². The van der Waals surface area contributed by atoms with Crippen molar-refractivity contribution in [2.75, 3.05) is 14.1 Å². The largest absolute Gasteiger partial charge is 0.493 e. The highest BCUT2D eigenvalue weighted by molar-refractivity contribution is 5.92. The summed E-state index contributed by atoms with van der Waals surface area (Å²) in [7, 11) is 3.75. The Hall–Kier alpha value is -3.48. The van der Waals surface area contributed by atoms with Gasteiger partial charge in [0, 0.05) is 26.5 Å². The van der Waals surface area contributed by atoms with E-state index >= 15 is 0 Å². The first-order valence-electron chi connectivity index (χ1n) is 8.42. The minimum atomic E-state index is -0.280. The molecule has 1 unspecified atom stereocenters.